The van der Waals surface area contributed by atoms with Crippen molar-refractivity contribution < 1.29 is 18.7 Å². The summed E-state index contributed by atoms with van der Waals surface area (Å²) in [4.78, 5) is 30.9. The molecule has 0 saturated carbocycles. The fraction of sp³-hybridized carbons (Fsp3) is 0.500. The maximum Gasteiger partial charge on any atom is 0.256 e. The lowest BCUT2D eigenvalue weighted by Crippen LogP contribution is -2.55. The van der Waals surface area contributed by atoms with E-state index in [2.05, 4.69) is 19.8 Å². The van der Waals surface area contributed by atoms with Gasteiger partial charge in [-0.2, -0.15) is 0 Å². The zero-order valence-electron chi connectivity index (χ0n) is 21.7. The van der Waals surface area contributed by atoms with Gasteiger partial charge >= 0.3 is 0 Å². The van der Waals surface area contributed by atoms with Crippen LogP contribution in [0.15, 0.2) is 35.1 Å². The van der Waals surface area contributed by atoms with Crippen LogP contribution in [0.2, 0.25) is 0 Å². The Balaban J connectivity index is 1.31. The number of aromatic amines is 1. The van der Waals surface area contributed by atoms with Gasteiger partial charge in [0.05, 0.1) is 38.0 Å². The van der Waals surface area contributed by atoms with Gasteiger partial charge in [0.15, 0.2) is 5.67 Å². The van der Waals surface area contributed by atoms with Gasteiger partial charge in [-0.25, -0.2) is 4.39 Å². The van der Waals surface area contributed by atoms with Crippen LogP contribution in [0.5, 0.6) is 5.75 Å². The number of methoxy groups -OCH3 is 1. The van der Waals surface area contributed by atoms with Crippen LogP contribution in [-0.2, 0) is 17.8 Å². The number of rotatable bonds is 8. The van der Waals surface area contributed by atoms with Crippen molar-refractivity contribution in [2.75, 3.05) is 40.0 Å². The Kier molecular flexibility index (Phi) is 7.09. The first-order chi connectivity index (χ1) is 17.8. The van der Waals surface area contributed by atoms with Gasteiger partial charge in [-0.3, -0.25) is 14.5 Å². The van der Waals surface area contributed by atoms with E-state index in [1.807, 2.05) is 31.2 Å². The normalized spacial score (nSPS) is 18.1. The largest absolute Gasteiger partial charge is 0.496 e. The Morgan fingerprint density at radius 1 is 1.24 bits per heavy atom. The number of likely N-dealkylation sites (tertiary alicyclic amines) is 1. The number of nitrogens with one attached hydrogen (secondary N) is 2. The highest BCUT2D eigenvalue weighted by molar-refractivity contribution is 6.08. The summed E-state index contributed by atoms with van der Waals surface area (Å²) in [5.74, 6) is 0.682. The minimum atomic E-state index is -1.18. The van der Waals surface area contributed by atoms with Gasteiger partial charge in [0.1, 0.15) is 5.75 Å². The smallest absolute Gasteiger partial charge is 0.256 e. The molecule has 2 N–H and O–H groups in total. The zero-order chi connectivity index (χ0) is 26.2. The van der Waals surface area contributed by atoms with Crippen molar-refractivity contribution in [1.29, 1.82) is 0 Å². The molecule has 37 heavy (non-hydrogen) atoms. The first-order valence-corrected chi connectivity index (χ1v) is 12.9. The predicted octanol–water partition coefficient (Wildman–Crippen LogP) is 3.34. The lowest BCUT2D eigenvalue weighted by Gasteiger charge is -2.40. The van der Waals surface area contributed by atoms with Gasteiger partial charge in [-0.1, -0.05) is 18.2 Å². The van der Waals surface area contributed by atoms with Crippen LogP contribution >= 0.6 is 0 Å². The Morgan fingerprint density at radius 3 is 2.65 bits per heavy atom. The Labute approximate surface area is 215 Å². The number of hydrogen-bond donors (Lipinski definition) is 2. The molecule has 2 fully saturated rings. The molecule has 0 atom stereocenters. The average Bonchev–Trinajstić information content (AvgIpc) is 3.14. The Bertz CT molecular complexity index is 1350. The quantitative estimate of drug-likeness (QED) is 0.485. The lowest BCUT2D eigenvalue weighted by atomic mass is 9.94. The molecule has 2 aromatic heterocycles. The van der Waals surface area contributed by atoms with Crippen LogP contribution in [-0.4, -0.2) is 66.0 Å². The minimum absolute atomic E-state index is 0.0656. The number of H-pyrrole nitrogens is 1. The molecule has 3 aromatic rings. The second-order valence-corrected chi connectivity index (χ2v) is 10.5. The lowest BCUT2D eigenvalue weighted by molar-refractivity contribution is -0.143. The zero-order valence-corrected chi connectivity index (χ0v) is 21.7. The molecule has 8 nitrogen and oxygen atoms in total. The maximum atomic E-state index is 14.5. The number of carbonyl (C=O) groups is 1. The molecule has 9 heteroatoms. The number of para-hydroxylation sites is 1. The summed E-state index contributed by atoms with van der Waals surface area (Å²) in [6.07, 6.45) is 1.97. The number of piperidine rings is 1. The molecule has 198 valence electrons. The fourth-order valence-electron chi connectivity index (χ4n) is 5.65. The van der Waals surface area contributed by atoms with Gasteiger partial charge in [-0.05, 0) is 57.8 Å². The van der Waals surface area contributed by atoms with E-state index in [-0.39, 0.29) is 31.2 Å². The molecular formula is C28H35FN4O4. The van der Waals surface area contributed by atoms with Crippen molar-refractivity contribution >= 4 is 16.8 Å². The van der Waals surface area contributed by atoms with Crippen molar-refractivity contribution in [3.8, 4) is 5.75 Å². The third-order valence-electron chi connectivity index (χ3n) is 7.71. The van der Waals surface area contributed by atoms with Crippen molar-refractivity contribution in [3.63, 3.8) is 0 Å². The summed E-state index contributed by atoms with van der Waals surface area (Å²) >= 11 is 0. The third-order valence-corrected chi connectivity index (χ3v) is 7.71. The summed E-state index contributed by atoms with van der Waals surface area (Å²) in [6, 6.07) is 9.69. The number of ether oxygens (including phenoxy) is 2. The molecule has 2 saturated heterocycles. The number of fused-ring (bicyclic) bond motifs is 1. The summed E-state index contributed by atoms with van der Waals surface area (Å²) in [7, 11) is 1.51. The molecule has 0 unspecified atom stereocenters. The molecular weight excluding hydrogens is 475 g/mol. The van der Waals surface area contributed by atoms with Crippen molar-refractivity contribution in [2.45, 2.75) is 45.4 Å². The number of benzene rings is 1. The highest BCUT2D eigenvalue weighted by Gasteiger charge is 2.41. The van der Waals surface area contributed by atoms with E-state index in [0.29, 0.717) is 35.0 Å². The molecule has 5 rings (SSSR count). The van der Waals surface area contributed by atoms with Gasteiger partial charge < -0.3 is 24.3 Å². The first-order valence-electron chi connectivity index (χ1n) is 12.9. The van der Waals surface area contributed by atoms with Crippen LogP contribution in [0.1, 0.15) is 40.2 Å². The number of halogens is 1. The van der Waals surface area contributed by atoms with E-state index in [9.17, 15) is 14.0 Å². The molecule has 0 aliphatic carbocycles. The maximum absolute atomic E-state index is 14.5. The predicted molar refractivity (Wildman–Crippen MR) is 140 cm³/mol. The molecule has 0 bridgehead atoms. The molecule has 1 aromatic carbocycles. The second-order valence-electron chi connectivity index (χ2n) is 10.5. The standard InChI is InChI=1S/C28H35FN4O4/c1-18-12-24(36-3)22(26(34)31-18)13-30-27(35)25-19(2)33(23-7-5-4-6-21(23)25)14-20-8-10-32(11-9-20)15-28(29)16-37-17-28/h4-7,12,20H,8-11,13-17H2,1-3H3,(H,30,35)(H,31,34). The average molecular weight is 511 g/mol. The van der Waals surface area contributed by atoms with E-state index in [1.165, 1.54) is 7.11 Å². The van der Waals surface area contributed by atoms with Crippen LogP contribution in [0.4, 0.5) is 4.39 Å². The van der Waals surface area contributed by atoms with Crippen LogP contribution in [0.3, 0.4) is 0 Å². The first kappa shape index (κ1) is 25.5. The van der Waals surface area contributed by atoms with Gasteiger partial charge in [0.2, 0.25) is 0 Å². The van der Waals surface area contributed by atoms with Gasteiger partial charge in [0, 0.05) is 35.4 Å². The molecule has 1 amide bonds. The van der Waals surface area contributed by atoms with E-state index < -0.39 is 5.67 Å². The number of aryl methyl sites for hydroxylation is 1. The van der Waals surface area contributed by atoms with Crippen molar-refractivity contribution in [2.24, 2.45) is 5.92 Å². The van der Waals surface area contributed by atoms with E-state index in [4.69, 9.17) is 9.47 Å². The van der Waals surface area contributed by atoms with Crippen LogP contribution < -0.4 is 15.6 Å². The summed E-state index contributed by atoms with van der Waals surface area (Å²) in [6.45, 7) is 7.24. The summed E-state index contributed by atoms with van der Waals surface area (Å²) < 4.78 is 27.1. The van der Waals surface area contributed by atoms with Crippen LogP contribution in [0, 0.1) is 19.8 Å². The topological polar surface area (TPSA) is 88.6 Å². The molecule has 4 heterocycles. The second kappa shape index (κ2) is 10.3. The third kappa shape index (κ3) is 5.15. The highest BCUT2D eigenvalue weighted by Crippen LogP contribution is 2.30. The number of carbonyl (C=O) groups excluding carboxylic acids is 1. The minimum Gasteiger partial charge on any atom is -0.496 e. The summed E-state index contributed by atoms with van der Waals surface area (Å²) in [5, 5.41) is 3.83. The van der Waals surface area contributed by atoms with Crippen LogP contribution in [0.25, 0.3) is 10.9 Å². The number of amides is 1. The van der Waals surface area contributed by atoms with E-state index in [1.54, 1.807) is 13.0 Å². The number of hydrogen-bond acceptors (Lipinski definition) is 5. The SMILES string of the molecule is COc1cc(C)[nH]c(=O)c1CNC(=O)c1c(C)n(CC2CCN(CC3(F)COC3)CC2)c2ccccc12. The number of aromatic nitrogens is 2. The highest BCUT2D eigenvalue weighted by atomic mass is 19.1. The molecule has 0 spiro atoms. The molecule has 2 aliphatic heterocycles. The number of pyridine rings is 1. The number of alkyl halides is 1. The molecule has 2 aliphatic rings. The van der Waals surface area contributed by atoms with Crippen molar-refractivity contribution in [1.82, 2.24) is 19.8 Å². The molecule has 0 radical (unpaired) electrons. The fourth-order valence-corrected chi connectivity index (χ4v) is 5.65. The monoisotopic (exact) mass is 510 g/mol. The van der Waals surface area contributed by atoms with E-state index >= 15 is 0 Å². The van der Waals surface area contributed by atoms with Gasteiger partial charge in [0.25, 0.3) is 11.5 Å². The number of nitrogens with zero attached hydrogens (tertiary/aromatic N) is 2. The van der Waals surface area contributed by atoms with Crippen molar-refractivity contribution in [3.05, 3.63) is 63.2 Å². The summed E-state index contributed by atoms with van der Waals surface area (Å²) in [5.41, 5.74) is 2.18. The Hall–Kier alpha value is -3.17. The van der Waals surface area contributed by atoms with Gasteiger partial charge in [-0.15, -0.1) is 0 Å². The van der Waals surface area contributed by atoms with E-state index in [0.717, 1.165) is 49.1 Å². The Morgan fingerprint density at radius 2 is 1.97 bits per heavy atom.